The van der Waals surface area contributed by atoms with Crippen molar-refractivity contribution in [3.05, 3.63) is 88.9 Å². The molecule has 140 valence electrons. The number of ketones is 1. The zero-order chi connectivity index (χ0) is 19.5. The van der Waals surface area contributed by atoms with Crippen LogP contribution in [0.5, 0.6) is 0 Å². The van der Waals surface area contributed by atoms with Gasteiger partial charge in [-0.05, 0) is 40.3 Å². The van der Waals surface area contributed by atoms with E-state index in [1.165, 1.54) is 6.07 Å². The Labute approximate surface area is 164 Å². The molecule has 1 heterocycles. The summed E-state index contributed by atoms with van der Waals surface area (Å²) in [5.41, 5.74) is 4.11. The van der Waals surface area contributed by atoms with Crippen molar-refractivity contribution in [3.8, 4) is 0 Å². The van der Waals surface area contributed by atoms with Gasteiger partial charge in [-0.25, -0.2) is 4.39 Å². The molecule has 3 aromatic rings. The van der Waals surface area contributed by atoms with E-state index in [0.29, 0.717) is 12.0 Å². The second-order valence-electron chi connectivity index (χ2n) is 8.66. The number of nitrogens with one attached hydrogen (secondary N) is 1. The number of benzene rings is 3. The summed E-state index contributed by atoms with van der Waals surface area (Å²) in [7, 11) is 0. The molecule has 0 radical (unpaired) electrons. The summed E-state index contributed by atoms with van der Waals surface area (Å²) in [5, 5.41) is 5.69. The third-order valence-corrected chi connectivity index (χ3v) is 5.97. The quantitative estimate of drug-likeness (QED) is 0.553. The van der Waals surface area contributed by atoms with Crippen LogP contribution < -0.4 is 5.32 Å². The van der Waals surface area contributed by atoms with Gasteiger partial charge in [-0.3, -0.25) is 4.79 Å². The van der Waals surface area contributed by atoms with Crippen molar-refractivity contribution in [2.75, 3.05) is 5.32 Å². The van der Waals surface area contributed by atoms with Gasteiger partial charge in [0.25, 0.3) is 0 Å². The summed E-state index contributed by atoms with van der Waals surface area (Å²) < 4.78 is 15.0. The predicted octanol–water partition coefficient (Wildman–Crippen LogP) is 6.18. The van der Waals surface area contributed by atoms with E-state index >= 15 is 0 Å². The zero-order valence-corrected chi connectivity index (χ0v) is 16.1. The summed E-state index contributed by atoms with van der Waals surface area (Å²) in [5.74, 6) is -0.537. The Bertz CT molecular complexity index is 1160. The van der Waals surface area contributed by atoms with Crippen molar-refractivity contribution in [2.24, 2.45) is 5.41 Å². The highest BCUT2D eigenvalue weighted by atomic mass is 19.1. The van der Waals surface area contributed by atoms with E-state index in [4.69, 9.17) is 0 Å². The van der Waals surface area contributed by atoms with Gasteiger partial charge in [0.15, 0.2) is 5.78 Å². The monoisotopic (exact) mass is 371 g/mol. The van der Waals surface area contributed by atoms with Crippen LogP contribution in [-0.4, -0.2) is 5.78 Å². The number of rotatable bonds is 1. The van der Waals surface area contributed by atoms with Crippen LogP contribution in [0.2, 0.25) is 0 Å². The van der Waals surface area contributed by atoms with Crippen molar-refractivity contribution < 1.29 is 9.18 Å². The molecule has 3 heteroatoms. The van der Waals surface area contributed by atoms with E-state index in [1.54, 1.807) is 6.07 Å². The first-order valence-corrected chi connectivity index (χ1v) is 9.74. The molecule has 2 aliphatic rings. The van der Waals surface area contributed by atoms with E-state index in [0.717, 1.165) is 39.7 Å². The van der Waals surface area contributed by atoms with E-state index in [1.807, 2.05) is 24.3 Å². The highest BCUT2D eigenvalue weighted by molar-refractivity contribution is 6.04. The normalized spacial score (nSPS) is 20.5. The molecular formula is C25H22FNO. The largest absolute Gasteiger partial charge is 0.358 e. The number of hydrogen-bond acceptors (Lipinski definition) is 2. The lowest BCUT2D eigenvalue weighted by molar-refractivity contribution is -0.118. The predicted molar refractivity (Wildman–Crippen MR) is 111 cm³/mol. The lowest BCUT2D eigenvalue weighted by Gasteiger charge is -2.40. The van der Waals surface area contributed by atoms with Crippen LogP contribution in [-0.2, 0) is 4.79 Å². The Balaban J connectivity index is 1.84. The minimum absolute atomic E-state index is 0.100. The molecule has 0 aromatic heterocycles. The van der Waals surface area contributed by atoms with Crippen LogP contribution in [0.1, 0.15) is 43.7 Å². The molecule has 0 spiro atoms. The van der Waals surface area contributed by atoms with Crippen LogP contribution in [0.4, 0.5) is 10.1 Å². The number of hydrogen-bond donors (Lipinski definition) is 1. The van der Waals surface area contributed by atoms with Crippen molar-refractivity contribution in [1.29, 1.82) is 0 Å². The smallest absolute Gasteiger partial charge is 0.162 e. The lowest BCUT2D eigenvalue weighted by atomic mass is 9.68. The molecule has 1 N–H and O–H groups in total. The first-order valence-electron chi connectivity index (χ1n) is 9.74. The van der Waals surface area contributed by atoms with E-state index in [-0.39, 0.29) is 22.9 Å². The maximum atomic E-state index is 15.0. The zero-order valence-electron chi connectivity index (χ0n) is 16.1. The van der Waals surface area contributed by atoms with Crippen LogP contribution in [0.15, 0.2) is 71.9 Å². The molecule has 5 rings (SSSR count). The minimum atomic E-state index is -0.387. The number of halogens is 1. The van der Waals surface area contributed by atoms with Crippen molar-refractivity contribution >= 4 is 22.2 Å². The maximum Gasteiger partial charge on any atom is 0.162 e. The Morgan fingerprint density at radius 3 is 2.54 bits per heavy atom. The fourth-order valence-electron chi connectivity index (χ4n) is 4.82. The van der Waals surface area contributed by atoms with Gasteiger partial charge in [0, 0.05) is 34.9 Å². The Morgan fingerprint density at radius 1 is 0.964 bits per heavy atom. The summed E-state index contributed by atoms with van der Waals surface area (Å²) in [6.45, 7) is 4.23. The molecule has 1 atom stereocenters. The first kappa shape index (κ1) is 17.2. The number of carbonyl (C=O) groups excluding carboxylic acids is 1. The molecular weight excluding hydrogens is 349 g/mol. The van der Waals surface area contributed by atoms with Gasteiger partial charge < -0.3 is 5.32 Å². The molecule has 0 amide bonds. The summed E-state index contributed by atoms with van der Waals surface area (Å²) in [6, 6.07) is 19.1. The lowest BCUT2D eigenvalue weighted by Crippen LogP contribution is -2.34. The highest BCUT2D eigenvalue weighted by Gasteiger charge is 2.41. The molecule has 3 aromatic carbocycles. The number of Topliss-reactive ketones (excluding diaryl/α,β-unsaturated/α-hetero) is 1. The second kappa shape index (κ2) is 6.03. The number of anilines is 1. The topological polar surface area (TPSA) is 29.1 Å². The number of allylic oxidation sites excluding steroid dienone is 2. The SMILES string of the molecule is CC1(C)CC(=O)C2=C(C1)Nc1ccc3ccccc3c1[C@@H]2c1ccccc1F. The van der Waals surface area contributed by atoms with Crippen molar-refractivity contribution in [1.82, 2.24) is 0 Å². The second-order valence-corrected chi connectivity index (χ2v) is 8.66. The Morgan fingerprint density at radius 2 is 1.71 bits per heavy atom. The molecule has 2 nitrogen and oxygen atoms in total. The van der Waals surface area contributed by atoms with Gasteiger partial charge in [0.1, 0.15) is 5.82 Å². The van der Waals surface area contributed by atoms with Gasteiger partial charge >= 0.3 is 0 Å². The molecule has 28 heavy (non-hydrogen) atoms. The fourth-order valence-corrected chi connectivity index (χ4v) is 4.82. The third-order valence-electron chi connectivity index (χ3n) is 5.97. The van der Waals surface area contributed by atoms with Crippen LogP contribution in [0.3, 0.4) is 0 Å². The Hall–Kier alpha value is -2.94. The van der Waals surface area contributed by atoms with E-state index in [9.17, 15) is 9.18 Å². The van der Waals surface area contributed by atoms with Crippen LogP contribution >= 0.6 is 0 Å². The van der Waals surface area contributed by atoms with Gasteiger partial charge in [0.2, 0.25) is 0 Å². The fraction of sp³-hybridized carbons (Fsp3) is 0.240. The summed E-state index contributed by atoms with van der Waals surface area (Å²) >= 11 is 0. The molecule has 0 unspecified atom stereocenters. The van der Waals surface area contributed by atoms with Crippen LogP contribution in [0, 0.1) is 11.2 Å². The Kier molecular flexibility index (Phi) is 3.70. The highest BCUT2D eigenvalue weighted by Crippen LogP contribution is 2.51. The van der Waals surface area contributed by atoms with Gasteiger partial charge in [-0.2, -0.15) is 0 Å². The molecule has 0 fully saturated rings. The summed E-state index contributed by atoms with van der Waals surface area (Å²) in [6.07, 6.45) is 1.27. The maximum absolute atomic E-state index is 15.0. The third kappa shape index (κ3) is 2.57. The standard InChI is InChI=1S/C25H22FNO/c1-25(2)13-20-24(21(28)14-25)23(17-9-5-6-10-18(17)26)22-16-8-4-3-7-15(16)11-12-19(22)27-20/h3-12,23,27H,13-14H2,1-2H3/t23-/m0/s1. The van der Waals surface area contributed by atoms with Gasteiger partial charge in [0.05, 0.1) is 0 Å². The van der Waals surface area contributed by atoms with E-state index < -0.39 is 0 Å². The first-order chi connectivity index (χ1) is 13.4. The minimum Gasteiger partial charge on any atom is -0.358 e. The molecule has 1 aliphatic carbocycles. The number of fused-ring (bicyclic) bond motifs is 3. The van der Waals surface area contributed by atoms with Gasteiger partial charge in [-0.1, -0.05) is 62.4 Å². The van der Waals surface area contributed by atoms with E-state index in [2.05, 4.69) is 43.4 Å². The van der Waals surface area contributed by atoms with Gasteiger partial charge in [-0.15, -0.1) is 0 Å². The van der Waals surface area contributed by atoms with Crippen molar-refractivity contribution in [2.45, 2.75) is 32.6 Å². The molecule has 0 bridgehead atoms. The van der Waals surface area contributed by atoms with Crippen molar-refractivity contribution in [3.63, 3.8) is 0 Å². The summed E-state index contributed by atoms with van der Waals surface area (Å²) in [4.78, 5) is 13.3. The molecule has 0 saturated heterocycles. The number of carbonyl (C=O) groups is 1. The molecule has 0 saturated carbocycles. The average molecular weight is 371 g/mol. The van der Waals surface area contributed by atoms with Crippen LogP contribution in [0.25, 0.3) is 10.8 Å². The molecule has 1 aliphatic heterocycles. The average Bonchev–Trinajstić information content (AvgIpc) is 2.65.